The summed E-state index contributed by atoms with van der Waals surface area (Å²) in [6.45, 7) is 2.04. The normalized spacial score (nSPS) is 11.9. The second-order valence-electron chi connectivity index (χ2n) is 4.87. The molecule has 0 aliphatic heterocycles. The van der Waals surface area contributed by atoms with E-state index in [9.17, 15) is 8.42 Å². The Morgan fingerprint density at radius 1 is 1.14 bits per heavy atom. The minimum Gasteiger partial charge on any atom is -0.282 e. The molecule has 0 radical (unpaired) electrons. The van der Waals surface area contributed by atoms with E-state index in [4.69, 9.17) is 4.55 Å². The second-order valence-corrected chi connectivity index (χ2v) is 7.41. The van der Waals surface area contributed by atoms with Crippen LogP contribution in [0.3, 0.4) is 0 Å². The van der Waals surface area contributed by atoms with Crippen LogP contribution in [-0.4, -0.2) is 18.0 Å². The van der Waals surface area contributed by atoms with E-state index in [2.05, 4.69) is 29.2 Å². The van der Waals surface area contributed by atoms with Gasteiger partial charge in [-0.2, -0.15) is 8.42 Å². The molecule has 0 bridgehead atoms. The highest BCUT2D eigenvalue weighted by atomic mass is 32.2. The van der Waals surface area contributed by atoms with Crippen molar-refractivity contribution in [1.29, 1.82) is 0 Å². The number of hydrogen-bond donors (Lipinski definition) is 1. The maximum Gasteiger partial charge on any atom is 0.294 e. The topological polar surface area (TPSA) is 67.3 Å². The van der Waals surface area contributed by atoms with Crippen LogP contribution in [0.15, 0.2) is 47.4 Å². The molecule has 6 heteroatoms. The molecule has 1 aromatic heterocycles. The zero-order valence-electron chi connectivity index (χ0n) is 11.3. The minimum atomic E-state index is -4.17. The molecular weight excluding hydrogens is 306 g/mol. The van der Waals surface area contributed by atoms with Gasteiger partial charge in [0.25, 0.3) is 10.1 Å². The first-order valence-corrected chi connectivity index (χ1v) is 8.60. The first-order valence-electron chi connectivity index (χ1n) is 6.34. The monoisotopic (exact) mass is 319 g/mol. The Hall–Kier alpha value is -1.76. The summed E-state index contributed by atoms with van der Waals surface area (Å²) in [7, 11) is -4.17. The second kappa shape index (κ2) is 5.22. The minimum absolute atomic E-state index is 0.0967. The summed E-state index contributed by atoms with van der Waals surface area (Å²) in [6.07, 6.45) is 0.709. The van der Waals surface area contributed by atoms with Gasteiger partial charge in [-0.05, 0) is 30.7 Å². The van der Waals surface area contributed by atoms with Crippen molar-refractivity contribution in [3.8, 4) is 0 Å². The van der Waals surface area contributed by atoms with E-state index in [1.807, 2.05) is 6.92 Å². The molecular formula is C15H13NO3S2. The third-order valence-electron chi connectivity index (χ3n) is 3.18. The smallest absolute Gasteiger partial charge is 0.282 e. The summed E-state index contributed by atoms with van der Waals surface area (Å²) < 4.78 is 32.1. The molecule has 21 heavy (non-hydrogen) atoms. The molecule has 1 heterocycles. The maximum atomic E-state index is 11.1. The molecule has 0 atom stereocenters. The van der Waals surface area contributed by atoms with Gasteiger partial charge in [-0.1, -0.05) is 29.8 Å². The number of nitrogens with zero attached hydrogens (tertiary/aromatic N) is 1. The third kappa shape index (κ3) is 3.12. The summed E-state index contributed by atoms with van der Waals surface area (Å²) in [6, 6.07) is 12.7. The van der Waals surface area contributed by atoms with Crippen molar-refractivity contribution >= 4 is 31.7 Å². The number of fused-ring (bicyclic) bond motifs is 1. The van der Waals surface area contributed by atoms with E-state index in [1.54, 1.807) is 6.07 Å². The number of aromatic nitrogens is 1. The highest BCUT2D eigenvalue weighted by Gasteiger charge is 2.12. The molecule has 3 rings (SSSR count). The highest BCUT2D eigenvalue weighted by molar-refractivity contribution is 7.85. The van der Waals surface area contributed by atoms with Gasteiger partial charge in [0.1, 0.15) is 0 Å². The van der Waals surface area contributed by atoms with Crippen LogP contribution in [0.2, 0.25) is 0 Å². The van der Waals surface area contributed by atoms with E-state index in [0.717, 1.165) is 20.8 Å². The summed E-state index contributed by atoms with van der Waals surface area (Å²) in [5.41, 5.74) is 3.12. The van der Waals surface area contributed by atoms with Crippen LogP contribution in [-0.2, 0) is 16.5 Å². The lowest BCUT2D eigenvalue weighted by Gasteiger charge is -1.98. The molecule has 0 unspecified atom stereocenters. The van der Waals surface area contributed by atoms with Crippen LogP contribution >= 0.6 is 11.3 Å². The molecule has 0 fully saturated rings. The summed E-state index contributed by atoms with van der Waals surface area (Å²) in [5, 5.41) is 0.918. The Bertz CT molecular complexity index is 896. The predicted octanol–water partition coefficient (Wildman–Crippen LogP) is 3.44. The molecule has 0 saturated heterocycles. The zero-order valence-corrected chi connectivity index (χ0v) is 12.9. The van der Waals surface area contributed by atoms with Crippen molar-refractivity contribution in [2.75, 3.05) is 0 Å². The van der Waals surface area contributed by atoms with Crippen molar-refractivity contribution in [1.82, 2.24) is 4.98 Å². The largest absolute Gasteiger partial charge is 0.294 e. The van der Waals surface area contributed by atoms with Crippen LogP contribution in [0.1, 0.15) is 16.1 Å². The Balaban J connectivity index is 1.95. The third-order valence-corrected chi connectivity index (χ3v) is 5.05. The van der Waals surface area contributed by atoms with Gasteiger partial charge in [0.2, 0.25) is 0 Å². The van der Waals surface area contributed by atoms with E-state index < -0.39 is 10.1 Å². The van der Waals surface area contributed by atoms with Crippen molar-refractivity contribution in [3.05, 3.63) is 58.6 Å². The van der Waals surface area contributed by atoms with Gasteiger partial charge in [-0.3, -0.25) is 4.55 Å². The highest BCUT2D eigenvalue weighted by Crippen LogP contribution is 2.26. The zero-order chi connectivity index (χ0) is 15.0. The van der Waals surface area contributed by atoms with Crippen LogP contribution in [0, 0.1) is 6.92 Å². The Kier molecular flexibility index (Phi) is 3.52. The van der Waals surface area contributed by atoms with Crippen LogP contribution < -0.4 is 0 Å². The summed E-state index contributed by atoms with van der Waals surface area (Å²) in [5.74, 6) is 0. The maximum absolute atomic E-state index is 11.1. The first kappa shape index (κ1) is 14.2. The lowest BCUT2D eigenvalue weighted by Crippen LogP contribution is -1.96. The number of benzene rings is 2. The van der Waals surface area contributed by atoms with Gasteiger partial charge in [0.05, 0.1) is 20.1 Å². The molecule has 0 amide bonds. The first-order chi connectivity index (χ1) is 9.91. The molecule has 1 N–H and O–H groups in total. The molecule has 4 nitrogen and oxygen atoms in total. The van der Waals surface area contributed by atoms with Gasteiger partial charge in [-0.25, -0.2) is 4.98 Å². The molecule has 108 valence electrons. The van der Waals surface area contributed by atoms with Crippen LogP contribution in [0.4, 0.5) is 0 Å². The summed E-state index contributed by atoms with van der Waals surface area (Å²) >= 11 is 1.44. The fraction of sp³-hybridized carbons (Fsp3) is 0.133. The van der Waals surface area contributed by atoms with Crippen LogP contribution in [0.25, 0.3) is 10.2 Å². The van der Waals surface area contributed by atoms with Crippen LogP contribution in [0.5, 0.6) is 0 Å². The molecule has 2 aromatic carbocycles. The number of rotatable bonds is 3. The van der Waals surface area contributed by atoms with Gasteiger partial charge in [0, 0.05) is 6.42 Å². The van der Waals surface area contributed by atoms with E-state index in [-0.39, 0.29) is 4.90 Å². The van der Waals surface area contributed by atoms with Crippen molar-refractivity contribution in [3.63, 3.8) is 0 Å². The molecule has 0 aliphatic rings. The predicted molar refractivity (Wildman–Crippen MR) is 83.4 cm³/mol. The molecule has 0 saturated carbocycles. The quantitative estimate of drug-likeness (QED) is 0.751. The number of thiazole rings is 1. The van der Waals surface area contributed by atoms with Gasteiger partial charge in [-0.15, -0.1) is 11.3 Å². The Morgan fingerprint density at radius 2 is 1.86 bits per heavy atom. The van der Waals surface area contributed by atoms with Gasteiger partial charge >= 0.3 is 0 Å². The van der Waals surface area contributed by atoms with Gasteiger partial charge < -0.3 is 0 Å². The molecule has 3 aromatic rings. The average Bonchev–Trinajstić information content (AvgIpc) is 2.81. The molecule has 0 aliphatic carbocycles. The fourth-order valence-corrected chi connectivity index (χ4v) is 3.69. The fourth-order valence-electron chi connectivity index (χ4n) is 2.07. The SMILES string of the molecule is Cc1ccc(Cc2nc3ccc(S(=O)(=O)O)cc3s2)cc1. The standard InChI is InChI=1S/C15H13NO3S2/c1-10-2-4-11(5-3-10)8-15-16-13-7-6-12(21(17,18)19)9-14(13)20-15/h2-7,9H,8H2,1H3,(H,17,18,19). The summed E-state index contributed by atoms with van der Waals surface area (Å²) in [4.78, 5) is 4.40. The van der Waals surface area contributed by atoms with Crippen molar-refractivity contribution < 1.29 is 13.0 Å². The Morgan fingerprint density at radius 3 is 2.52 bits per heavy atom. The number of hydrogen-bond acceptors (Lipinski definition) is 4. The lowest BCUT2D eigenvalue weighted by molar-refractivity contribution is 0.483. The van der Waals surface area contributed by atoms with Crippen molar-refractivity contribution in [2.24, 2.45) is 0 Å². The van der Waals surface area contributed by atoms with E-state index >= 15 is 0 Å². The van der Waals surface area contributed by atoms with Crippen molar-refractivity contribution in [2.45, 2.75) is 18.2 Å². The van der Waals surface area contributed by atoms with E-state index in [1.165, 1.54) is 29.0 Å². The molecule has 0 spiro atoms. The average molecular weight is 319 g/mol. The lowest BCUT2D eigenvalue weighted by atomic mass is 10.1. The Labute approximate surface area is 126 Å². The van der Waals surface area contributed by atoms with E-state index in [0.29, 0.717) is 6.42 Å². The number of aryl methyl sites for hydroxylation is 1. The van der Waals surface area contributed by atoms with Gasteiger partial charge in [0.15, 0.2) is 0 Å².